The average molecular weight is 418 g/mol. The predicted octanol–water partition coefficient (Wildman–Crippen LogP) is 5.86. The standard InChI is InChI=1S/C24H20FN3OS/c1-15-7-13-19(14-8-15)26-23(29)16(2)30-24-21-6-4-3-5-20(21)22(27-28-24)17-9-11-18(25)12-10-17/h3-14,16H,1-2H3,(H,26,29)/t16-/m0/s1. The maximum Gasteiger partial charge on any atom is 0.237 e. The number of aromatic nitrogens is 2. The van der Waals surface area contributed by atoms with Crippen LogP contribution in [-0.4, -0.2) is 21.4 Å². The number of amides is 1. The Morgan fingerprint density at radius 1 is 0.933 bits per heavy atom. The van der Waals surface area contributed by atoms with Gasteiger partial charge in [0, 0.05) is 22.0 Å². The lowest BCUT2D eigenvalue weighted by Gasteiger charge is -2.14. The van der Waals surface area contributed by atoms with Gasteiger partial charge in [-0.25, -0.2) is 4.39 Å². The SMILES string of the molecule is Cc1ccc(NC(=O)[C@H](C)Sc2nnc(-c3ccc(F)cc3)c3ccccc23)cc1. The topological polar surface area (TPSA) is 54.9 Å². The molecule has 4 nitrogen and oxygen atoms in total. The summed E-state index contributed by atoms with van der Waals surface area (Å²) in [5.41, 5.74) is 3.38. The fourth-order valence-electron chi connectivity index (χ4n) is 3.09. The van der Waals surface area contributed by atoms with E-state index in [9.17, 15) is 9.18 Å². The summed E-state index contributed by atoms with van der Waals surface area (Å²) in [4.78, 5) is 12.6. The highest BCUT2D eigenvalue weighted by molar-refractivity contribution is 8.00. The highest BCUT2D eigenvalue weighted by atomic mass is 32.2. The molecule has 1 N–H and O–H groups in total. The first-order valence-electron chi connectivity index (χ1n) is 9.57. The van der Waals surface area contributed by atoms with Gasteiger partial charge in [0.05, 0.1) is 5.25 Å². The molecule has 4 aromatic rings. The van der Waals surface area contributed by atoms with E-state index in [-0.39, 0.29) is 17.0 Å². The van der Waals surface area contributed by atoms with Gasteiger partial charge >= 0.3 is 0 Å². The van der Waals surface area contributed by atoms with E-state index in [4.69, 9.17) is 0 Å². The molecule has 3 aromatic carbocycles. The number of carbonyl (C=O) groups excluding carboxylic acids is 1. The van der Waals surface area contributed by atoms with E-state index in [2.05, 4.69) is 15.5 Å². The number of thioether (sulfide) groups is 1. The number of hydrogen-bond acceptors (Lipinski definition) is 4. The third kappa shape index (κ3) is 4.33. The van der Waals surface area contributed by atoms with Crippen LogP contribution in [0.5, 0.6) is 0 Å². The lowest BCUT2D eigenvalue weighted by Crippen LogP contribution is -2.22. The van der Waals surface area contributed by atoms with Gasteiger partial charge in [0.1, 0.15) is 16.5 Å². The molecule has 6 heteroatoms. The minimum absolute atomic E-state index is 0.0997. The second-order valence-corrected chi connectivity index (χ2v) is 8.35. The number of aryl methyl sites for hydroxylation is 1. The quantitative estimate of drug-likeness (QED) is 0.413. The number of rotatable bonds is 5. The maximum absolute atomic E-state index is 13.3. The van der Waals surface area contributed by atoms with Crippen molar-refractivity contribution in [2.45, 2.75) is 24.1 Å². The van der Waals surface area contributed by atoms with Gasteiger partial charge < -0.3 is 5.32 Å². The Bertz CT molecular complexity index is 1190. The van der Waals surface area contributed by atoms with Crippen molar-refractivity contribution in [3.8, 4) is 11.3 Å². The summed E-state index contributed by atoms with van der Waals surface area (Å²) in [7, 11) is 0. The van der Waals surface area contributed by atoms with Gasteiger partial charge in [-0.15, -0.1) is 10.2 Å². The Hall–Kier alpha value is -3.25. The maximum atomic E-state index is 13.3. The van der Waals surface area contributed by atoms with E-state index in [0.29, 0.717) is 10.7 Å². The molecule has 0 saturated heterocycles. The van der Waals surface area contributed by atoms with Crippen molar-refractivity contribution in [1.29, 1.82) is 0 Å². The van der Waals surface area contributed by atoms with Crippen LogP contribution in [0.3, 0.4) is 0 Å². The first-order valence-corrected chi connectivity index (χ1v) is 10.4. The van der Waals surface area contributed by atoms with Crippen LogP contribution in [-0.2, 0) is 4.79 Å². The van der Waals surface area contributed by atoms with Gasteiger partial charge in [-0.05, 0) is 50.2 Å². The van der Waals surface area contributed by atoms with Crippen LogP contribution in [0.1, 0.15) is 12.5 Å². The van der Waals surface area contributed by atoms with Crippen LogP contribution < -0.4 is 5.32 Å². The molecule has 0 radical (unpaired) electrons. The molecule has 0 spiro atoms. The predicted molar refractivity (Wildman–Crippen MR) is 120 cm³/mol. The number of hydrogen-bond donors (Lipinski definition) is 1. The van der Waals surface area contributed by atoms with E-state index in [0.717, 1.165) is 27.6 Å². The monoisotopic (exact) mass is 417 g/mol. The van der Waals surface area contributed by atoms with Crippen molar-refractivity contribution in [2.24, 2.45) is 0 Å². The largest absolute Gasteiger partial charge is 0.325 e. The highest BCUT2D eigenvalue weighted by Crippen LogP contribution is 2.33. The fourth-order valence-corrected chi connectivity index (χ4v) is 3.98. The Morgan fingerprint density at radius 3 is 2.30 bits per heavy atom. The average Bonchev–Trinajstić information content (AvgIpc) is 2.76. The Kier molecular flexibility index (Phi) is 5.77. The third-order valence-electron chi connectivity index (χ3n) is 4.75. The molecule has 0 bridgehead atoms. The lowest BCUT2D eigenvalue weighted by atomic mass is 10.1. The molecular formula is C24H20FN3OS. The van der Waals surface area contributed by atoms with Gasteiger partial charge in [-0.3, -0.25) is 4.79 Å². The van der Waals surface area contributed by atoms with E-state index < -0.39 is 0 Å². The molecule has 1 heterocycles. The number of nitrogens with one attached hydrogen (secondary N) is 1. The van der Waals surface area contributed by atoms with Crippen LogP contribution in [0.15, 0.2) is 77.8 Å². The summed E-state index contributed by atoms with van der Waals surface area (Å²) in [5, 5.41) is 13.9. The Morgan fingerprint density at radius 2 is 1.60 bits per heavy atom. The molecule has 0 aliphatic rings. The summed E-state index contributed by atoms with van der Waals surface area (Å²) in [6.45, 7) is 3.85. The van der Waals surface area contributed by atoms with Crippen LogP contribution in [0.25, 0.3) is 22.0 Å². The second-order valence-electron chi connectivity index (χ2n) is 7.02. The molecule has 1 aromatic heterocycles. The van der Waals surface area contributed by atoms with E-state index in [1.165, 1.54) is 23.9 Å². The Balaban J connectivity index is 1.60. The lowest BCUT2D eigenvalue weighted by molar-refractivity contribution is -0.115. The summed E-state index contributed by atoms with van der Waals surface area (Å²) in [6, 6.07) is 21.7. The van der Waals surface area contributed by atoms with Crippen LogP contribution >= 0.6 is 11.8 Å². The minimum Gasteiger partial charge on any atom is -0.325 e. The van der Waals surface area contributed by atoms with E-state index in [1.807, 2.05) is 62.4 Å². The zero-order chi connectivity index (χ0) is 21.1. The number of carbonyl (C=O) groups is 1. The highest BCUT2D eigenvalue weighted by Gasteiger charge is 2.19. The van der Waals surface area contributed by atoms with E-state index >= 15 is 0 Å². The molecular weight excluding hydrogens is 397 g/mol. The van der Waals surface area contributed by atoms with Crippen molar-refractivity contribution < 1.29 is 9.18 Å². The number of anilines is 1. The van der Waals surface area contributed by atoms with E-state index in [1.54, 1.807) is 12.1 Å². The molecule has 150 valence electrons. The number of benzene rings is 3. The molecule has 0 fully saturated rings. The molecule has 0 aliphatic carbocycles. The fraction of sp³-hybridized carbons (Fsp3) is 0.125. The van der Waals surface area contributed by atoms with Gasteiger partial charge in [0.15, 0.2) is 0 Å². The number of fused-ring (bicyclic) bond motifs is 1. The summed E-state index contributed by atoms with van der Waals surface area (Å²) < 4.78 is 13.3. The van der Waals surface area contributed by atoms with Crippen LogP contribution in [0, 0.1) is 12.7 Å². The zero-order valence-corrected chi connectivity index (χ0v) is 17.4. The molecule has 30 heavy (non-hydrogen) atoms. The smallest absolute Gasteiger partial charge is 0.237 e. The van der Waals surface area contributed by atoms with Gasteiger partial charge in [0.2, 0.25) is 5.91 Å². The molecule has 1 amide bonds. The van der Waals surface area contributed by atoms with Gasteiger partial charge in [-0.2, -0.15) is 0 Å². The summed E-state index contributed by atoms with van der Waals surface area (Å²) in [5.74, 6) is -0.394. The molecule has 0 unspecified atom stereocenters. The third-order valence-corrected chi connectivity index (χ3v) is 5.84. The minimum atomic E-state index is -0.360. The Labute approximate surface area is 178 Å². The summed E-state index contributed by atoms with van der Waals surface area (Å²) >= 11 is 1.36. The first kappa shape index (κ1) is 20.0. The molecule has 1 atom stereocenters. The van der Waals surface area contributed by atoms with Crippen molar-refractivity contribution in [3.05, 3.63) is 84.2 Å². The van der Waals surface area contributed by atoms with Gasteiger partial charge in [0.25, 0.3) is 0 Å². The first-order chi connectivity index (χ1) is 14.5. The zero-order valence-electron chi connectivity index (χ0n) is 16.6. The van der Waals surface area contributed by atoms with Crippen molar-refractivity contribution in [2.75, 3.05) is 5.32 Å². The van der Waals surface area contributed by atoms with Crippen molar-refractivity contribution >= 4 is 34.1 Å². The molecule has 4 rings (SSSR count). The van der Waals surface area contributed by atoms with Gasteiger partial charge in [-0.1, -0.05) is 53.7 Å². The summed E-state index contributed by atoms with van der Waals surface area (Å²) in [6.07, 6.45) is 0. The van der Waals surface area contributed by atoms with Crippen molar-refractivity contribution in [3.63, 3.8) is 0 Å². The van der Waals surface area contributed by atoms with Crippen molar-refractivity contribution in [1.82, 2.24) is 10.2 Å². The molecule has 0 aliphatic heterocycles. The van der Waals surface area contributed by atoms with Crippen LogP contribution in [0.4, 0.5) is 10.1 Å². The second kappa shape index (κ2) is 8.63. The number of nitrogens with zero attached hydrogens (tertiary/aromatic N) is 2. The van der Waals surface area contributed by atoms with Crippen LogP contribution in [0.2, 0.25) is 0 Å². The molecule has 0 saturated carbocycles. The normalized spacial score (nSPS) is 12.0. The number of halogens is 1.